The van der Waals surface area contributed by atoms with Crippen molar-refractivity contribution in [2.75, 3.05) is 23.0 Å². The van der Waals surface area contributed by atoms with Crippen LogP contribution in [0, 0.1) is 0 Å². The fraction of sp³-hybridized carbons (Fsp3) is 0.190. The third-order valence-corrected chi connectivity index (χ3v) is 4.66. The molecule has 3 rings (SSSR count). The third-order valence-electron chi connectivity index (χ3n) is 4.44. The van der Waals surface area contributed by atoms with E-state index in [2.05, 4.69) is 21.0 Å². The summed E-state index contributed by atoms with van der Waals surface area (Å²) in [7, 11) is 1.68. The summed E-state index contributed by atoms with van der Waals surface area (Å²) in [5, 5.41) is 11.8. The van der Waals surface area contributed by atoms with Crippen molar-refractivity contribution in [1.29, 1.82) is 0 Å². The lowest BCUT2D eigenvalue weighted by molar-refractivity contribution is -0.143. The van der Waals surface area contributed by atoms with E-state index in [1.165, 1.54) is 30.3 Å². The molecule has 1 heterocycles. The van der Waals surface area contributed by atoms with Gasteiger partial charge < -0.3 is 16.0 Å². The number of nitrogens with zero attached hydrogens (tertiary/aromatic N) is 2. The van der Waals surface area contributed by atoms with Gasteiger partial charge >= 0.3 is 6.18 Å². The van der Waals surface area contributed by atoms with E-state index in [1.807, 2.05) is 0 Å². The summed E-state index contributed by atoms with van der Waals surface area (Å²) in [6.07, 6.45) is -3.77. The van der Waals surface area contributed by atoms with Gasteiger partial charge in [-0.1, -0.05) is 18.5 Å². The van der Waals surface area contributed by atoms with E-state index in [1.54, 1.807) is 26.1 Å². The van der Waals surface area contributed by atoms with Crippen LogP contribution in [0.4, 0.5) is 30.2 Å². The average molecular weight is 466 g/mol. The van der Waals surface area contributed by atoms with E-state index in [9.17, 15) is 22.8 Å². The van der Waals surface area contributed by atoms with Gasteiger partial charge in [0.15, 0.2) is 5.69 Å². The van der Waals surface area contributed by atoms with E-state index in [0.717, 1.165) is 6.20 Å². The Morgan fingerprint density at radius 1 is 1.03 bits per heavy atom. The molecular weight excluding hydrogens is 447 g/mol. The van der Waals surface area contributed by atoms with Crippen molar-refractivity contribution in [2.45, 2.75) is 19.5 Å². The normalized spacial score (nSPS) is 11.2. The molecule has 2 aromatic carbocycles. The van der Waals surface area contributed by atoms with Crippen molar-refractivity contribution in [3.05, 3.63) is 64.9 Å². The fourth-order valence-corrected chi connectivity index (χ4v) is 3.17. The highest BCUT2D eigenvalue weighted by atomic mass is 35.5. The zero-order valence-electron chi connectivity index (χ0n) is 17.0. The van der Waals surface area contributed by atoms with E-state index < -0.39 is 23.3 Å². The average Bonchev–Trinajstić information content (AvgIpc) is 3.19. The van der Waals surface area contributed by atoms with Crippen LogP contribution in [-0.4, -0.2) is 28.6 Å². The van der Waals surface area contributed by atoms with Gasteiger partial charge in [0, 0.05) is 35.6 Å². The summed E-state index contributed by atoms with van der Waals surface area (Å²) in [6.45, 7) is 1.66. The standard InChI is InChI=1S/C21H19ClF3N5O2/c1-3-18(31)28-14-8-12(22)9-15(10-14)29-20(32)17-11-27-30(19(17)21(23,24)25)16-6-4-13(26-2)5-7-16/h4-11,26H,3H2,1-2H3,(H,28,31)(H,29,32). The zero-order chi connectivity index (χ0) is 23.5. The van der Waals surface area contributed by atoms with Gasteiger partial charge in [-0.25, -0.2) is 4.68 Å². The minimum atomic E-state index is -4.85. The summed E-state index contributed by atoms with van der Waals surface area (Å²) in [5.74, 6) is -1.31. The molecule has 0 aliphatic rings. The van der Waals surface area contributed by atoms with Gasteiger partial charge in [-0.3, -0.25) is 9.59 Å². The Morgan fingerprint density at radius 2 is 1.66 bits per heavy atom. The predicted octanol–water partition coefficient (Wildman–Crippen LogP) is 5.19. The van der Waals surface area contributed by atoms with Gasteiger partial charge in [0.25, 0.3) is 5.91 Å². The maximum Gasteiger partial charge on any atom is 0.434 e. The molecule has 0 aliphatic carbocycles. The number of carbonyl (C=O) groups is 2. The molecule has 0 bridgehead atoms. The van der Waals surface area contributed by atoms with E-state index in [0.29, 0.717) is 16.1 Å². The van der Waals surface area contributed by atoms with Gasteiger partial charge in [0.2, 0.25) is 5.91 Å². The lowest BCUT2D eigenvalue weighted by Crippen LogP contribution is -2.21. The van der Waals surface area contributed by atoms with Crippen LogP contribution in [0.3, 0.4) is 0 Å². The van der Waals surface area contributed by atoms with Gasteiger partial charge in [-0.15, -0.1) is 0 Å². The second-order valence-corrected chi connectivity index (χ2v) is 7.13. The maximum atomic E-state index is 13.9. The molecule has 2 amide bonds. The van der Waals surface area contributed by atoms with Crippen molar-refractivity contribution in [1.82, 2.24) is 9.78 Å². The van der Waals surface area contributed by atoms with Crippen molar-refractivity contribution >= 4 is 40.5 Å². The van der Waals surface area contributed by atoms with Gasteiger partial charge in [-0.05, 0) is 42.5 Å². The number of carbonyl (C=O) groups excluding carboxylic acids is 2. The first-order valence-corrected chi connectivity index (χ1v) is 9.85. The Labute approximate surface area is 186 Å². The summed E-state index contributed by atoms with van der Waals surface area (Å²) >= 11 is 6.01. The molecule has 0 spiro atoms. The quantitative estimate of drug-likeness (QED) is 0.467. The number of rotatable bonds is 6. The zero-order valence-corrected chi connectivity index (χ0v) is 17.8. The minimum absolute atomic E-state index is 0.119. The molecule has 11 heteroatoms. The van der Waals surface area contributed by atoms with Gasteiger partial charge in [-0.2, -0.15) is 18.3 Å². The Bertz CT molecular complexity index is 1140. The highest BCUT2D eigenvalue weighted by Crippen LogP contribution is 2.34. The highest BCUT2D eigenvalue weighted by molar-refractivity contribution is 6.31. The van der Waals surface area contributed by atoms with Crippen LogP contribution < -0.4 is 16.0 Å². The molecule has 0 unspecified atom stereocenters. The smallest absolute Gasteiger partial charge is 0.388 e. The molecule has 32 heavy (non-hydrogen) atoms. The lowest BCUT2D eigenvalue weighted by atomic mass is 10.2. The Morgan fingerprint density at radius 3 is 2.22 bits per heavy atom. The molecule has 0 radical (unpaired) electrons. The number of hydrogen-bond acceptors (Lipinski definition) is 4. The van der Waals surface area contributed by atoms with Crippen molar-refractivity contribution in [2.24, 2.45) is 0 Å². The Balaban J connectivity index is 1.95. The molecule has 0 saturated carbocycles. The van der Waals surface area contributed by atoms with Crippen LogP contribution >= 0.6 is 11.6 Å². The van der Waals surface area contributed by atoms with Crippen LogP contribution in [-0.2, 0) is 11.0 Å². The van der Waals surface area contributed by atoms with E-state index in [4.69, 9.17) is 11.6 Å². The molecular formula is C21H19ClF3N5O2. The SMILES string of the molecule is CCC(=O)Nc1cc(Cl)cc(NC(=O)c2cnn(-c3ccc(NC)cc3)c2C(F)(F)F)c1. The van der Waals surface area contributed by atoms with Gasteiger partial charge in [0.05, 0.1) is 17.4 Å². The summed E-state index contributed by atoms with van der Waals surface area (Å²) in [6, 6.07) is 10.3. The number of anilines is 3. The highest BCUT2D eigenvalue weighted by Gasteiger charge is 2.40. The van der Waals surface area contributed by atoms with Crippen LogP contribution in [0.5, 0.6) is 0 Å². The molecule has 7 nitrogen and oxygen atoms in total. The van der Waals surface area contributed by atoms with Crippen LogP contribution in [0.15, 0.2) is 48.7 Å². The number of hydrogen-bond donors (Lipinski definition) is 3. The second-order valence-electron chi connectivity index (χ2n) is 6.70. The molecule has 168 valence electrons. The summed E-state index contributed by atoms with van der Waals surface area (Å²) in [4.78, 5) is 24.3. The number of amides is 2. The van der Waals surface area contributed by atoms with E-state index >= 15 is 0 Å². The Kier molecular flexibility index (Phi) is 6.73. The third kappa shape index (κ3) is 5.20. The number of benzene rings is 2. The minimum Gasteiger partial charge on any atom is -0.388 e. The molecule has 1 aromatic heterocycles. The van der Waals surface area contributed by atoms with Crippen LogP contribution in [0.25, 0.3) is 5.69 Å². The van der Waals surface area contributed by atoms with Gasteiger partial charge in [0.1, 0.15) is 0 Å². The molecule has 0 saturated heterocycles. The van der Waals surface area contributed by atoms with Crippen molar-refractivity contribution < 1.29 is 22.8 Å². The maximum absolute atomic E-state index is 13.9. The lowest BCUT2D eigenvalue weighted by Gasteiger charge is -2.14. The topological polar surface area (TPSA) is 88.1 Å². The number of alkyl halides is 3. The fourth-order valence-electron chi connectivity index (χ4n) is 2.93. The first kappa shape index (κ1) is 23.1. The number of aromatic nitrogens is 2. The van der Waals surface area contributed by atoms with Crippen LogP contribution in [0.2, 0.25) is 5.02 Å². The molecule has 0 aliphatic heterocycles. The Hall–Kier alpha value is -3.53. The molecule has 3 aromatic rings. The number of halogens is 4. The summed E-state index contributed by atoms with van der Waals surface area (Å²) in [5.41, 5.74) is -0.603. The van der Waals surface area contributed by atoms with Crippen molar-refractivity contribution in [3.8, 4) is 5.69 Å². The number of nitrogens with one attached hydrogen (secondary N) is 3. The largest absolute Gasteiger partial charge is 0.434 e. The van der Waals surface area contributed by atoms with Crippen molar-refractivity contribution in [3.63, 3.8) is 0 Å². The second kappa shape index (κ2) is 9.31. The summed E-state index contributed by atoms with van der Waals surface area (Å²) < 4.78 is 42.2. The molecule has 3 N–H and O–H groups in total. The first-order valence-electron chi connectivity index (χ1n) is 9.47. The first-order chi connectivity index (χ1) is 15.1. The molecule has 0 atom stereocenters. The molecule has 0 fully saturated rings. The van der Waals surface area contributed by atoms with E-state index in [-0.39, 0.29) is 28.7 Å². The van der Waals surface area contributed by atoms with Crippen LogP contribution in [0.1, 0.15) is 29.4 Å². The monoisotopic (exact) mass is 465 g/mol. The predicted molar refractivity (Wildman–Crippen MR) is 116 cm³/mol.